The van der Waals surface area contributed by atoms with Gasteiger partial charge in [-0.05, 0) is 118 Å². The van der Waals surface area contributed by atoms with Gasteiger partial charge in [-0.25, -0.2) is 0 Å². The molecule has 0 saturated carbocycles. The first kappa shape index (κ1) is 39.8. The molecule has 3 aliphatic heterocycles. The third kappa shape index (κ3) is 5.55. The molecular formula is C66H41BN4S. The van der Waals surface area contributed by atoms with Crippen LogP contribution in [0.3, 0.4) is 0 Å². The van der Waals surface area contributed by atoms with Gasteiger partial charge in [0.15, 0.2) is 0 Å². The molecule has 72 heavy (non-hydrogen) atoms. The highest BCUT2D eigenvalue weighted by atomic mass is 32.2. The summed E-state index contributed by atoms with van der Waals surface area (Å²) < 4.78 is 2.53. The van der Waals surface area contributed by atoms with Gasteiger partial charge in [0.2, 0.25) is 0 Å². The number of para-hydroxylation sites is 5. The lowest BCUT2D eigenvalue weighted by Crippen LogP contribution is -2.61. The van der Waals surface area contributed by atoms with Gasteiger partial charge in [-0.15, -0.1) is 0 Å². The number of hydrogen-bond donors (Lipinski definition) is 0. The van der Waals surface area contributed by atoms with E-state index in [1.807, 2.05) is 11.8 Å². The molecule has 0 unspecified atom stereocenters. The van der Waals surface area contributed by atoms with Crippen LogP contribution < -0.4 is 31.1 Å². The molecule has 3 aliphatic rings. The van der Waals surface area contributed by atoms with Gasteiger partial charge >= 0.3 is 0 Å². The minimum absolute atomic E-state index is 0.0951. The van der Waals surface area contributed by atoms with Crippen LogP contribution in [-0.2, 0) is 0 Å². The van der Waals surface area contributed by atoms with Gasteiger partial charge in [0.25, 0.3) is 6.71 Å². The number of anilines is 9. The molecule has 13 aromatic rings. The fourth-order valence-electron chi connectivity index (χ4n) is 12.5. The van der Waals surface area contributed by atoms with Crippen molar-refractivity contribution in [3.8, 4) is 22.3 Å². The summed E-state index contributed by atoms with van der Waals surface area (Å²) in [5, 5.41) is 5.08. The molecule has 334 valence electrons. The minimum Gasteiger partial charge on any atom is -0.310 e. The smallest absolute Gasteiger partial charge is 0.252 e. The standard InChI is InChI=1S/C66H41BN4S/c1-4-19-42(20-5-1)44-35-38-55(49(39-44)43-21-6-2-7-22-43)71-59-32-18-31-58-64(59)67(52-41-50-47-25-10-12-27-53(47)70-54-28-13-11-26-48(54)63(65(50)70)66(52)71)51-37-36-46-40-60(51)69(58)57-30-15-17-34-62(57)72-61-33-16-14-29-56(61)68(46)45-23-8-3-9-24-45/h1-41H. The molecule has 0 atom stereocenters. The summed E-state index contributed by atoms with van der Waals surface area (Å²) in [4.78, 5) is 10.1. The maximum absolute atomic E-state index is 2.65. The molecule has 0 N–H and O–H groups in total. The zero-order chi connectivity index (χ0) is 47.0. The highest BCUT2D eigenvalue weighted by Gasteiger charge is 2.46. The number of nitrogens with zero attached hydrogens (tertiary/aromatic N) is 4. The average molecular weight is 933 g/mol. The van der Waals surface area contributed by atoms with Gasteiger partial charge in [0, 0.05) is 65.3 Å². The highest BCUT2D eigenvalue weighted by molar-refractivity contribution is 7.99. The number of aromatic nitrogens is 1. The maximum Gasteiger partial charge on any atom is 0.252 e. The summed E-state index contributed by atoms with van der Waals surface area (Å²) in [6.07, 6.45) is 0. The summed E-state index contributed by atoms with van der Waals surface area (Å²) in [5.74, 6) is 0. The molecule has 2 bridgehead atoms. The summed E-state index contributed by atoms with van der Waals surface area (Å²) in [5.41, 5.74) is 22.8. The van der Waals surface area contributed by atoms with Crippen LogP contribution in [-0.4, -0.2) is 11.1 Å². The zero-order valence-electron chi connectivity index (χ0n) is 38.9. The van der Waals surface area contributed by atoms with Crippen molar-refractivity contribution in [2.45, 2.75) is 9.79 Å². The molecule has 16 rings (SSSR count). The summed E-state index contributed by atoms with van der Waals surface area (Å²) in [6.45, 7) is -0.0951. The monoisotopic (exact) mass is 932 g/mol. The fraction of sp³-hybridized carbons (Fsp3) is 0. The Morgan fingerprint density at radius 1 is 0.333 bits per heavy atom. The van der Waals surface area contributed by atoms with Crippen LogP contribution in [0.1, 0.15) is 0 Å². The topological polar surface area (TPSA) is 14.1 Å². The van der Waals surface area contributed by atoms with E-state index in [-0.39, 0.29) is 6.71 Å². The molecule has 2 aromatic heterocycles. The lowest BCUT2D eigenvalue weighted by Gasteiger charge is -2.45. The second-order valence-corrected chi connectivity index (χ2v) is 20.3. The predicted octanol–water partition coefficient (Wildman–Crippen LogP) is 16.2. The SMILES string of the molecule is c1ccc(-c2ccc(N3c4cccc5c4B(c4ccc6cc4N5c4ccccc4Sc4ccccc4N6c4ccccc4)c4cc5c6ccccc6n6c7ccccc7c(c43)c56)c(-c3ccccc3)c2)cc1. The first-order valence-electron chi connectivity index (χ1n) is 24.8. The van der Waals surface area contributed by atoms with E-state index in [4.69, 9.17) is 0 Å². The highest BCUT2D eigenvalue weighted by Crippen LogP contribution is 2.55. The lowest BCUT2D eigenvalue weighted by molar-refractivity contribution is 1.19. The Bertz CT molecular complexity index is 4340. The minimum atomic E-state index is -0.0951. The zero-order valence-corrected chi connectivity index (χ0v) is 39.8. The Morgan fingerprint density at radius 2 is 0.931 bits per heavy atom. The predicted molar refractivity (Wildman–Crippen MR) is 305 cm³/mol. The molecule has 0 amide bonds. The van der Waals surface area contributed by atoms with E-state index in [2.05, 4.69) is 268 Å². The van der Waals surface area contributed by atoms with Gasteiger partial charge in [0.05, 0.1) is 39.3 Å². The summed E-state index contributed by atoms with van der Waals surface area (Å²) in [6, 6.07) is 92.6. The summed E-state index contributed by atoms with van der Waals surface area (Å²) in [7, 11) is 0. The molecule has 0 spiro atoms. The van der Waals surface area contributed by atoms with Crippen LogP contribution in [0.15, 0.2) is 259 Å². The molecule has 0 saturated heterocycles. The number of hydrogen-bond acceptors (Lipinski definition) is 4. The first-order chi connectivity index (χ1) is 35.8. The van der Waals surface area contributed by atoms with Crippen LogP contribution in [0.2, 0.25) is 0 Å². The largest absolute Gasteiger partial charge is 0.310 e. The van der Waals surface area contributed by atoms with E-state index in [0.717, 1.165) is 28.4 Å². The van der Waals surface area contributed by atoms with Gasteiger partial charge in [-0.2, -0.15) is 0 Å². The average Bonchev–Trinajstić information content (AvgIpc) is 3.97. The molecule has 0 radical (unpaired) electrons. The van der Waals surface area contributed by atoms with E-state index in [9.17, 15) is 0 Å². The van der Waals surface area contributed by atoms with E-state index in [0.29, 0.717) is 0 Å². The van der Waals surface area contributed by atoms with Crippen LogP contribution >= 0.6 is 11.8 Å². The second kappa shape index (κ2) is 15.3. The maximum atomic E-state index is 2.65. The van der Waals surface area contributed by atoms with E-state index in [1.165, 1.54) is 109 Å². The molecule has 11 aromatic carbocycles. The van der Waals surface area contributed by atoms with Gasteiger partial charge < -0.3 is 19.1 Å². The molecule has 6 heteroatoms. The van der Waals surface area contributed by atoms with Gasteiger partial charge in [-0.3, -0.25) is 0 Å². The van der Waals surface area contributed by atoms with Crippen LogP contribution in [0.4, 0.5) is 51.2 Å². The normalized spacial score (nSPS) is 13.4. The fourth-order valence-corrected chi connectivity index (χ4v) is 13.6. The van der Waals surface area contributed by atoms with Crippen molar-refractivity contribution in [3.63, 3.8) is 0 Å². The van der Waals surface area contributed by atoms with Gasteiger partial charge in [-0.1, -0.05) is 176 Å². The number of fused-ring (bicyclic) bond motifs is 15. The van der Waals surface area contributed by atoms with E-state index >= 15 is 0 Å². The first-order valence-corrected chi connectivity index (χ1v) is 25.6. The molecular weight excluding hydrogens is 892 g/mol. The van der Waals surface area contributed by atoms with Crippen molar-refractivity contribution in [2.24, 2.45) is 0 Å². The Hall–Kier alpha value is -8.97. The Kier molecular flexibility index (Phi) is 8.45. The van der Waals surface area contributed by atoms with Crippen LogP contribution in [0, 0.1) is 0 Å². The van der Waals surface area contributed by atoms with Crippen molar-refractivity contribution < 1.29 is 0 Å². The molecule has 4 nitrogen and oxygen atoms in total. The van der Waals surface area contributed by atoms with Crippen molar-refractivity contribution in [1.29, 1.82) is 0 Å². The Morgan fingerprint density at radius 3 is 1.68 bits per heavy atom. The van der Waals surface area contributed by atoms with Crippen molar-refractivity contribution in [2.75, 3.05) is 14.7 Å². The van der Waals surface area contributed by atoms with Crippen LogP contribution in [0.25, 0.3) is 60.3 Å². The van der Waals surface area contributed by atoms with Crippen LogP contribution in [0.5, 0.6) is 0 Å². The third-order valence-corrected chi connectivity index (χ3v) is 16.6. The molecule has 0 aliphatic carbocycles. The Balaban J connectivity index is 1.06. The van der Waals surface area contributed by atoms with E-state index < -0.39 is 0 Å². The number of benzene rings is 11. The van der Waals surface area contributed by atoms with Crippen molar-refractivity contribution >= 4 is 124 Å². The second-order valence-electron chi connectivity index (χ2n) is 19.2. The summed E-state index contributed by atoms with van der Waals surface area (Å²) >= 11 is 1.84. The van der Waals surface area contributed by atoms with Crippen molar-refractivity contribution in [1.82, 2.24) is 4.40 Å². The van der Waals surface area contributed by atoms with E-state index in [1.54, 1.807) is 0 Å². The quantitative estimate of drug-likeness (QED) is 0.163. The van der Waals surface area contributed by atoms with Crippen molar-refractivity contribution in [3.05, 3.63) is 249 Å². The number of rotatable bonds is 4. The molecule has 5 heterocycles. The molecule has 0 fully saturated rings. The lowest BCUT2D eigenvalue weighted by atomic mass is 9.33. The Labute approximate surface area is 421 Å². The third-order valence-electron chi connectivity index (χ3n) is 15.4. The van der Waals surface area contributed by atoms with Gasteiger partial charge in [0.1, 0.15) is 0 Å².